The molecule has 1 aromatic carbocycles. The molecule has 0 aromatic heterocycles. The molecular formula is C10H12O5S. The van der Waals surface area contributed by atoms with E-state index in [9.17, 15) is 13.2 Å². The van der Waals surface area contributed by atoms with Gasteiger partial charge in [-0.25, -0.2) is 4.79 Å². The van der Waals surface area contributed by atoms with Crippen molar-refractivity contribution in [3.63, 3.8) is 0 Å². The third kappa shape index (κ3) is 3.04. The number of benzene rings is 1. The lowest BCUT2D eigenvalue weighted by molar-refractivity contribution is -0.142. The van der Waals surface area contributed by atoms with Gasteiger partial charge in [0.05, 0.1) is 0 Å². The van der Waals surface area contributed by atoms with Gasteiger partial charge in [0.25, 0.3) is 0 Å². The maximum absolute atomic E-state index is 11.5. The highest BCUT2D eigenvalue weighted by Crippen LogP contribution is 2.13. The zero-order valence-electron chi connectivity index (χ0n) is 8.88. The van der Waals surface area contributed by atoms with Crippen molar-refractivity contribution >= 4 is 16.1 Å². The predicted octanol–water partition coefficient (Wildman–Crippen LogP) is 0.608. The molecule has 1 unspecified atom stereocenters. The number of carbonyl (C=O) groups is 1. The largest absolute Gasteiger partial charge is 0.382 e. The molecule has 0 fully saturated rings. The van der Waals surface area contributed by atoms with E-state index in [1.165, 1.54) is 12.1 Å². The summed E-state index contributed by atoms with van der Waals surface area (Å²) in [5.41, 5.74) is 0.890. The quantitative estimate of drug-likeness (QED) is 0.788. The summed E-state index contributed by atoms with van der Waals surface area (Å²) in [7, 11) is -4.13. The molecule has 1 rings (SSSR count). The fraction of sp³-hybridized carbons (Fsp3) is 0.300. The summed E-state index contributed by atoms with van der Waals surface area (Å²) in [6.45, 7) is 2.94. The molecule has 0 saturated heterocycles. The molecule has 0 saturated carbocycles. The zero-order chi connectivity index (χ0) is 12.3. The SMILES string of the molecule is Cc1ccc(S(=O)(=O)OC(=O)C(C)O)cc1. The first-order valence-corrected chi connectivity index (χ1v) is 5.97. The zero-order valence-corrected chi connectivity index (χ0v) is 9.69. The van der Waals surface area contributed by atoms with Gasteiger partial charge in [0.1, 0.15) is 11.0 Å². The van der Waals surface area contributed by atoms with Gasteiger partial charge in [-0.15, -0.1) is 0 Å². The molecular weight excluding hydrogens is 232 g/mol. The molecule has 5 nitrogen and oxygen atoms in total. The first-order valence-electron chi connectivity index (χ1n) is 4.56. The minimum Gasteiger partial charge on any atom is -0.382 e. The average molecular weight is 244 g/mol. The van der Waals surface area contributed by atoms with Crippen LogP contribution in [0.4, 0.5) is 0 Å². The lowest BCUT2D eigenvalue weighted by Crippen LogP contribution is -2.23. The number of hydrogen-bond acceptors (Lipinski definition) is 5. The Kier molecular flexibility index (Phi) is 3.66. The Morgan fingerprint density at radius 1 is 1.31 bits per heavy atom. The summed E-state index contributed by atoms with van der Waals surface area (Å²) < 4.78 is 27.2. The van der Waals surface area contributed by atoms with Gasteiger partial charge in [-0.1, -0.05) is 17.7 Å². The molecule has 1 N–H and O–H groups in total. The fourth-order valence-electron chi connectivity index (χ4n) is 0.931. The Morgan fingerprint density at radius 2 is 1.81 bits per heavy atom. The van der Waals surface area contributed by atoms with Crippen LogP contribution in [-0.4, -0.2) is 25.6 Å². The van der Waals surface area contributed by atoms with Gasteiger partial charge in [-0.2, -0.15) is 8.42 Å². The molecule has 0 amide bonds. The highest BCUT2D eigenvalue weighted by Gasteiger charge is 2.22. The van der Waals surface area contributed by atoms with Crippen LogP contribution in [0.25, 0.3) is 0 Å². The highest BCUT2D eigenvalue weighted by atomic mass is 32.2. The van der Waals surface area contributed by atoms with E-state index in [1.807, 2.05) is 0 Å². The van der Waals surface area contributed by atoms with Crippen LogP contribution >= 0.6 is 0 Å². The second-order valence-electron chi connectivity index (χ2n) is 3.35. The maximum atomic E-state index is 11.5. The number of aliphatic hydroxyl groups excluding tert-OH is 1. The highest BCUT2D eigenvalue weighted by molar-refractivity contribution is 7.87. The first kappa shape index (κ1) is 12.7. The van der Waals surface area contributed by atoms with Crippen molar-refractivity contribution in [1.29, 1.82) is 0 Å². The molecule has 0 heterocycles. The lowest BCUT2D eigenvalue weighted by Gasteiger charge is -2.06. The second-order valence-corrected chi connectivity index (χ2v) is 4.89. The maximum Gasteiger partial charge on any atom is 0.350 e. The van der Waals surface area contributed by atoms with Gasteiger partial charge in [-0.3, -0.25) is 0 Å². The molecule has 1 aromatic rings. The third-order valence-electron chi connectivity index (χ3n) is 1.84. The Hall–Kier alpha value is -1.40. The van der Waals surface area contributed by atoms with Crippen LogP contribution in [0.2, 0.25) is 0 Å². The Balaban J connectivity index is 2.95. The normalized spacial score (nSPS) is 13.2. The van der Waals surface area contributed by atoms with Crippen molar-refractivity contribution < 1.29 is 22.5 Å². The van der Waals surface area contributed by atoms with Crippen molar-refractivity contribution in [3.05, 3.63) is 29.8 Å². The van der Waals surface area contributed by atoms with Crippen molar-refractivity contribution in [2.75, 3.05) is 0 Å². The van der Waals surface area contributed by atoms with E-state index >= 15 is 0 Å². The van der Waals surface area contributed by atoms with Crippen molar-refractivity contribution in [2.45, 2.75) is 24.8 Å². The predicted molar refractivity (Wildman–Crippen MR) is 56.1 cm³/mol. The van der Waals surface area contributed by atoms with Gasteiger partial charge in [0, 0.05) is 0 Å². The molecule has 0 spiro atoms. The summed E-state index contributed by atoms with van der Waals surface area (Å²) >= 11 is 0. The topological polar surface area (TPSA) is 80.7 Å². The molecule has 1 atom stereocenters. The molecule has 0 radical (unpaired) electrons. The summed E-state index contributed by atoms with van der Waals surface area (Å²) in [4.78, 5) is 10.8. The number of aliphatic hydroxyl groups is 1. The minimum absolute atomic E-state index is 0.118. The third-order valence-corrected chi connectivity index (χ3v) is 3.08. The van der Waals surface area contributed by atoms with Crippen LogP contribution < -0.4 is 0 Å². The van der Waals surface area contributed by atoms with Crippen LogP contribution in [0.5, 0.6) is 0 Å². The van der Waals surface area contributed by atoms with Crippen LogP contribution in [0.1, 0.15) is 12.5 Å². The fourth-order valence-corrected chi connectivity index (χ4v) is 1.85. The molecule has 0 aliphatic rings. The Morgan fingerprint density at radius 3 is 2.25 bits per heavy atom. The van der Waals surface area contributed by atoms with Crippen LogP contribution in [-0.2, 0) is 19.1 Å². The standard InChI is InChI=1S/C10H12O5S/c1-7-3-5-9(6-4-7)16(13,14)15-10(12)8(2)11/h3-6,8,11H,1-2H3. The van der Waals surface area contributed by atoms with Gasteiger partial charge in [0.2, 0.25) is 0 Å². The van der Waals surface area contributed by atoms with Gasteiger partial charge >= 0.3 is 16.1 Å². The van der Waals surface area contributed by atoms with E-state index in [1.54, 1.807) is 19.1 Å². The minimum atomic E-state index is -4.13. The van der Waals surface area contributed by atoms with Crippen LogP contribution in [0.3, 0.4) is 0 Å². The molecule has 0 bridgehead atoms. The van der Waals surface area contributed by atoms with E-state index < -0.39 is 22.2 Å². The number of carbonyl (C=O) groups excluding carboxylic acids is 1. The van der Waals surface area contributed by atoms with Crippen LogP contribution in [0.15, 0.2) is 29.2 Å². The van der Waals surface area contributed by atoms with E-state index in [0.717, 1.165) is 12.5 Å². The second kappa shape index (κ2) is 4.63. The van der Waals surface area contributed by atoms with Crippen molar-refractivity contribution in [3.8, 4) is 0 Å². The van der Waals surface area contributed by atoms with Gasteiger partial charge < -0.3 is 9.29 Å². The van der Waals surface area contributed by atoms with E-state index in [0.29, 0.717) is 0 Å². The summed E-state index contributed by atoms with van der Waals surface area (Å²) in [5.74, 6) is -1.19. The summed E-state index contributed by atoms with van der Waals surface area (Å²) in [6.07, 6.45) is -1.47. The van der Waals surface area contributed by atoms with E-state index in [4.69, 9.17) is 5.11 Å². The number of hydrogen-bond donors (Lipinski definition) is 1. The summed E-state index contributed by atoms with van der Waals surface area (Å²) in [6, 6.07) is 5.84. The van der Waals surface area contributed by atoms with E-state index in [2.05, 4.69) is 4.18 Å². The van der Waals surface area contributed by atoms with Gasteiger partial charge in [0.15, 0.2) is 0 Å². The first-order chi connectivity index (χ1) is 7.33. The molecule has 0 aliphatic carbocycles. The summed E-state index contributed by atoms with van der Waals surface area (Å²) in [5, 5.41) is 8.84. The van der Waals surface area contributed by atoms with Crippen LogP contribution in [0, 0.1) is 6.92 Å². The van der Waals surface area contributed by atoms with Crippen molar-refractivity contribution in [2.24, 2.45) is 0 Å². The molecule has 6 heteroatoms. The molecule has 16 heavy (non-hydrogen) atoms. The van der Waals surface area contributed by atoms with E-state index in [-0.39, 0.29) is 4.90 Å². The molecule has 88 valence electrons. The van der Waals surface area contributed by atoms with Gasteiger partial charge in [-0.05, 0) is 26.0 Å². The number of aryl methyl sites for hydroxylation is 1. The Labute approximate surface area is 93.8 Å². The average Bonchev–Trinajstić information content (AvgIpc) is 2.17. The lowest BCUT2D eigenvalue weighted by atomic mass is 10.2. The number of rotatable bonds is 3. The monoisotopic (exact) mass is 244 g/mol. The smallest absolute Gasteiger partial charge is 0.350 e. The molecule has 0 aliphatic heterocycles. The van der Waals surface area contributed by atoms with Crippen molar-refractivity contribution in [1.82, 2.24) is 0 Å². The Bertz CT molecular complexity index is 472.